The molecule has 1 unspecified atom stereocenters. The number of hydrogen-bond donors (Lipinski definition) is 3. The molecule has 40 heavy (non-hydrogen) atoms. The van der Waals surface area contributed by atoms with Gasteiger partial charge in [-0.05, 0) is 41.8 Å². The predicted octanol–water partition coefficient (Wildman–Crippen LogP) is 6.73. The van der Waals surface area contributed by atoms with Gasteiger partial charge in [0.05, 0.1) is 34.7 Å². The number of anilines is 1. The van der Waals surface area contributed by atoms with Crippen molar-refractivity contribution in [3.63, 3.8) is 0 Å². The van der Waals surface area contributed by atoms with E-state index in [2.05, 4.69) is 30.5 Å². The number of nitrogens with one attached hydrogen (secondary N) is 3. The minimum Gasteiger partial charge on any atom is -0.337 e. The van der Waals surface area contributed by atoms with Gasteiger partial charge < -0.3 is 10.3 Å². The maximum Gasteiger partial charge on any atom is 0.228 e. The van der Waals surface area contributed by atoms with Crippen molar-refractivity contribution in [1.29, 1.82) is 0 Å². The summed E-state index contributed by atoms with van der Waals surface area (Å²) in [4.78, 5) is 29.7. The van der Waals surface area contributed by atoms with Gasteiger partial charge >= 0.3 is 0 Å². The van der Waals surface area contributed by atoms with Crippen LogP contribution in [0.2, 0.25) is 0 Å². The molecule has 6 aromatic rings. The Labute approximate surface area is 232 Å². The Morgan fingerprint density at radius 2 is 1.93 bits per heavy atom. The fraction of sp³-hybridized carbons (Fsp3) is 0.100. The fourth-order valence-electron chi connectivity index (χ4n) is 4.95. The first-order valence-electron chi connectivity index (χ1n) is 12.8. The van der Waals surface area contributed by atoms with Crippen LogP contribution in [0.25, 0.3) is 44.7 Å². The van der Waals surface area contributed by atoms with Crippen molar-refractivity contribution in [3.8, 4) is 22.6 Å². The smallest absolute Gasteiger partial charge is 0.228 e. The molecule has 0 bridgehead atoms. The van der Waals surface area contributed by atoms with Gasteiger partial charge in [0.1, 0.15) is 5.69 Å². The molecule has 1 amide bonds. The first kappa shape index (κ1) is 24.2. The van der Waals surface area contributed by atoms with Crippen LogP contribution in [0.3, 0.4) is 0 Å². The molecule has 5 heterocycles. The summed E-state index contributed by atoms with van der Waals surface area (Å²) in [5, 5.41) is 11.0. The number of H-pyrrole nitrogens is 2. The number of aromatic nitrogens is 6. The molecule has 0 spiro atoms. The topological polar surface area (TPSA) is 112 Å². The Balaban J connectivity index is 1.19. The number of carbonyl (C=O) groups excluding carboxylic acids is 1. The normalized spacial score (nSPS) is 15.0. The van der Waals surface area contributed by atoms with E-state index in [1.54, 1.807) is 24.7 Å². The molecule has 10 heteroatoms. The summed E-state index contributed by atoms with van der Waals surface area (Å²) in [5.41, 5.74) is 7.10. The molecule has 0 saturated carbocycles. The first-order chi connectivity index (χ1) is 19.6. The first-order valence-corrected chi connectivity index (χ1v) is 13.6. The highest BCUT2D eigenvalue weighted by Gasteiger charge is 2.24. The molecule has 0 aliphatic carbocycles. The van der Waals surface area contributed by atoms with Crippen LogP contribution >= 0.6 is 11.8 Å². The second-order valence-electron chi connectivity index (χ2n) is 9.55. The number of imidazole rings is 1. The number of allylic oxidation sites excluding steroid dienone is 1. The van der Waals surface area contributed by atoms with Gasteiger partial charge in [-0.1, -0.05) is 54.2 Å². The molecule has 2 aromatic carbocycles. The minimum absolute atomic E-state index is 0.000379. The summed E-state index contributed by atoms with van der Waals surface area (Å²) in [5.74, 6) is 0.509. The molecule has 1 aliphatic heterocycles. The zero-order chi connectivity index (χ0) is 27.1. The lowest BCUT2D eigenvalue weighted by Gasteiger charge is -2.08. The molecule has 4 aromatic heterocycles. The molecule has 3 N–H and O–H groups in total. The number of rotatable bonds is 6. The summed E-state index contributed by atoms with van der Waals surface area (Å²) in [7, 11) is 0. The fourth-order valence-corrected chi connectivity index (χ4v) is 5.92. The molecule has 7 rings (SSSR count). The molecule has 0 saturated heterocycles. The van der Waals surface area contributed by atoms with Crippen molar-refractivity contribution in [3.05, 3.63) is 102 Å². The van der Waals surface area contributed by atoms with Crippen LogP contribution in [0.1, 0.15) is 22.8 Å². The van der Waals surface area contributed by atoms with Gasteiger partial charge in [-0.2, -0.15) is 9.49 Å². The molecule has 8 nitrogen and oxygen atoms in total. The van der Waals surface area contributed by atoms with E-state index >= 15 is 0 Å². The molecule has 0 fully saturated rings. The Hall–Kier alpha value is -4.83. The maximum atomic E-state index is 13.8. The lowest BCUT2D eigenvalue weighted by molar-refractivity contribution is -0.115. The number of aromatic amines is 2. The number of pyridine rings is 2. The van der Waals surface area contributed by atoms with E-state index in [-0.39, 0.29) is 22.7 Å². The van der Waals surface area contributed by atoms with Crippen molar-refractivity contribution in [2.75, 3.05) is 5.32 Å². The highest BCUT2D eigenvalue weighted by molar-refractivity contribution is 8.03. The Bertz CT molecular complexity index is 1910. The van der Waals surface area contributed by atoms with E-state index in [9.17, 15) is 9.18 Å². The van der Waals surface area contributed by atoms with Crippen LogP contribution in [0, 0.1) is 0 Å². The Morgan fingerprint density at radius 1 is 1.05 bits per heavy atom. The van der Waals surface area contributed by atoms with Crippen molar-refractivity contribution < 1.29 is 9.18 Å². The third-order valence-corrected chi connectivity index (χ3v) is 7.97. The van der Waals surface area contributed by atoms with Gasteiger partial charge in [0.2, 0.25) is 5.91 Å². The number of carbonyl (C=O) groups is 1. The minimum atomic E-state index is -0.148. The third kappa shape index (κ3) is 4.62. The lowest BCUT2D eigenvalue weighted by Crippen LogP contribution is -2.14. The van der Waals surface area contributed by atoms with Crippen LogP contribution in [0.15, 0.2) is 90.5 Å². The number of fused-ring (bicyclic) bond motifs is 2. The SMILES string of the molecule is O=C(Cc1ccccc1)Nc1cncc(-c2cnc3n[nH]c(-c4nc5c(C6CC=C(F)S6)cccc5[nH]4)c3c2)c1. The second-order valence-corrected chi connectivity index (χ2v) is 10.7. The lowest BCUT2D eigenvalue weighted by atomic mass is 10.1. The maximum absolute atomic E-state index is 13.8. The molecule has 196 valence electrons. The van der Waals surface area contributed by atoms with Crippen molar-refractivity contribution in [2.24, 2.45) is 0 Å². The molecule has 1 aliphatic rings. The average molecular weight is 548 g/mol. The van der Waals surface area contributed by atoms with Gasteiger partial charge in [-0.3, -0.25) is 14.9 Å². The quantitative estimate of drug-likeness (QED) is 0.213. The number of nitrogens with zero attached hydrogens (tertiary/aromatic N) is 4. The highest BCUT2D eigenvalue weighted by Crippen LogP contribution is 2.46. The molecular weight excluding hydrogens is 525 g/mol. The zero-order valence-corrected chi connectivity index (χ0v) is 21.9. The summed E-state index contributed by atoms with van der Waals surface area (Å²) in [6.45, 7) is 0. The average Bonchev–Trinajstić information content (AvgIpc) is 3.71. The molecule has 0 radical (unpaired) electrons. The predicted molar refractivity (Wildman–Crippen MR) is 155 cm³/mol. The second kappa shape index (κ2) is 10.0. The van der Waals surface area contributed by atoms with E-state index in [0.29, 0.717) is 29.3 Å². The van der Waals surface area contributed by atoms with E-state index < -0.39 is 0 Å². The van der Waals surface area contributed by atoms with Crippen LogP contribution in [0.4, 0.5) is 10.1 Å². The number of halogens is 1. The van der Waals surface area contributed by atoms with Gasteiger partial charge in [0.15, 0.2) is 16.6 Å². The number of thioether (sulfide) groups is 1. The third-order valence-electron chi connectivity index (χ3n) is 6.85. The monoisotopic (exact) mass is 547 g/mol. The van der Waals surface area contributed by atoms with Gasteiger partial charge in [0, 0.05) is 28.8 Å². The number of para-hydroxylation sites is 1. The molecular formula is C30H22FN7OS. The number of benzene rings is 2. The van der Waals surface area contributed by atoms with E-state index in [1.807, 2.05) is 60.7 Å². The van der Waals surface area contributed by atoms with E-state index in [1.165, 1.54) is 11.8 Å². The summed E-state index contributed by atoms with van der Waals surface area (Å²) in [6, 6.07) is 19.4. The zero-order valence-electron chi connectivity index (χ0n) is 21.1. The van der Waals surface area contributed by atoms with Gasteiger partial charge in [-0.15, -0.1) is 0 Å². The largest absolute Gasteiger partial charge is 0.337 e. The van der Waals surface area contributed by atoms with Crippen LogP contribution in [-0.2, 0) is 11.2 Å². The van der Waals surface area contributed by atoms with Crippen LogP contribution in [0.5, 0.6) is 0 Å². The highest BCUT2D eigenvalue weighted by atomic mass is 32.2. The van der Waals surface area contributed by atoms with E-state index in [4.69, 9.17) is 4.98 Å². The van der Waals surface area contributed by atoms with E-state index in [0.717, 1.165) is 38.7 Å². The van der Waals surface area contributed by atoms with Crippen LogP contribution in [-0.4, -0.2) is 36.0 Å². The Morgan fingerprint density at radius 3 is 2.77 bits per heavy atom. The summed E-state index contributed by atoms with van der Waals surface area (Å²) in [6.07, 6.45) is 7.62. The van der Waals surface area contributed by atoms with Crippen molar-refractivity contribution in [1.82, 2.24) is 30.1 Å². The summed E-state index contributed by atoms with van der Waals surface area (Å²) >= 11 is 1.23. The van der Waals surface area contributed by atoms with Gasteiger partial charge in [-0.25, -0.2) is 9.97 Å². The Kier molecular flexibility index (Phi) is 6.09. The number of hydrogen-bond acceptors (Lipinski definition) is 6. The van der Waals surface area contributed by atoms with Gasteiger partial charge in [0.25, 0.3) is 0 Å². The van der Waals surface area contributed by atoms with Crippen LogP contribution < -0.4 is 5.32 Å². The molecule has 1 atom stereocenters. The van der Waals surface area contributed by atoms with Crippen molar-refractivity contribution in [2.45, 2.75) is 18.1 Å². The van der Waals surface area contributed by atoms with Crippen molar-refractivity contribution >= 4 is 45.4 Å². The summed E-state index contributed by atoms with van der Waals surface area (Å²) < 4.78 is 13.8. The standard InChI is InChI=1S/C30H22FN7OS/c31-25-10-9-24(40-25)21-7-4-8-23-27(21)36-30(35-23)28-22-13-19(15-33-29(22)38-37-28)18-12-20(16-32-14-18)34-26(39)11-17-5-2-1-3-6-17/h1-8,10,12-16,24H,9,11H2,(H,34,39)(H,35,36)(H,33,37,38). The number of amides is 1.